The van der Waals surface area contributed by atoms with Crippen molar-refractivity contribution in [3.05, 3.63) is 0 Å². The highest BCUT2D eigenvalue weighted by Gasteiger charge is 2.44. The van der Waals surface area contributed by atoms with E-state index in [0.717, 1.165) is 24.3 Å². The second-order valence-electron chi connectivity index (χ2n) is 3.33. The first-order chi connectivity index (χ1) is 3.90. The summed E-state index contributed by atoms with van der Waals surface area (Å²) in [7, 11) is 0. The number of rotatable bonds is 1. The molecular formula is C7H16N2. The van der Waals surface area contributed by atoms with Gasteiger partial charge in [-0.05, 0) is 43.6 Å². The molecule has 2 saturated carbocycles. The summed E-state index contributed by atoms with van der Waals surface area (Å²) in [6, 6.07) is 0. The van der Waals surface area contributed by atoms with Crippen molar-refractivity contribution in [2.24, 2.45) is 23.5 Å². The molecule has 0 radical (unpaired) electrons. The van der Waals surface area contributed by atoms with E-state index >= 15 is 0 Å². The molecule has 0 aromatic heterocycles. The van der Waals surface area contributed by atoms with Gasteiger partial charge in [0.15, 0.2) is 0 Å². The molecule has 2 unspecified atom stereocenters. The van der Waals surface area contributed by atoms with Gasteiger partial charge in [0.05, 0.1) is 0 Å². The van der Waals surface area contributed by atoms with E-state index in [-0.39, 0.29) is 6.15 Å². The second-order valence-corrected chi connectivity index (χ2v) is 3.33. The molecule has 0 aliphatic heterocycles. The Morgan fingerprint density at radius 3 is 2.00 bits per heavy atom. The van der Waals surface area contributed by atoms with E-state index in [9.17, 15) is 0 Å². The van der Waals surface area contributed by atoms with Crippen molar-refractivity contribution < 1.29 is 0 Å². The Hall–Kier alpha value is -0.0800. The standard InChI is InChI=1S/C7H13N.H3N/c8-4-5-1-6-3-7(6)2-5;/h5-7H,1-4,8H2;1H3. The van der Waals surface area contributed by atoms with Gasteiger partial charge in [-0.2, -0.15) is 0 Å². The first kappa shape index (κ1) is 7.03. The first-order valence-corrected chi connectivity index (χ1v) is 3.60. The van der Waals surface area contributed by atoms with Crippen LogP contribution in [0.5, 0.6) is 0 Å². The molecule has 0 spiro atoms. The summed E-state index contributed by atoms with van der Waals surface area (Å²) in [6.45, 7) is 0.938. The van der Waals surface area contributed by atoms with Crippen molar-refractivity contribution in [3.8, 4) is 0 Å². The second kappa shape index (κ2) is 2.27. The predicted molar refractivity (Wildman–Crippen MR) is 38.4 cm³/mol. The molecule has 2 heteroatoms. The van der Waals surface area contributed by atoms with Crippen molar-refractivity contribution in [2.45, 2.75) is 19.3 Å². The third-order valence-corrected chi connectivity index (χ3v) is 2.67. The zero-order chi connectivity index (χ0) is 5.56. The Labute approximate surface area is 56.4 Å². The molecule has 2 aliphatic carbocycles. The Morgan fingerprint density at radius 1 is 1.11 bits per heavy atom. The van der Waals surface area contributed by atoms with Gasteiger partial charge < -0.3 is 11.9 Å². The van der Waals surface area contributed by atoms with Crippen LogP contribution in [-0.4, -0.2) is 6.54 Å². The summed E-state index contributed by atoms with van der Waals surface area (Å²) in [6.07, 6.45) is 4.42. The van der Waals surface area contributed by atoms with Crippen LogP contribution in [0.1, 0.15) is 19.3 Å². The summed E-state index contributed by atoms with van der Waals surface area (Å²) >= 11 is 0. The summed E-state index contributed by atoms with van der Waals surface area (Å²) in [5, 5.41) is 0. The molecule has 0 heterocycles. The van der Waals surface area contributed by atoms with Crippen molar-refractivity contribution in [1.82, 2.24) is 6.15 Å². The molecule has 0 aromatic rings. The maximum absolute atomic E-state index is 5.52. The van der Waals surface area contributed by atoms with Crippen molar-refractivity contribution >= 4 is 0 Å². The van der Waals surface area contributed by atoms with E-state index in [1.54, 1.807) is 0 Å². The number of hydrogen-bond donors (Lipinski definition) is 2. The van der Waals surface area contributed by atoms with Crippen LogP contribution >= 0.6 is 0 Å². The number of fused-ring (bicyclic) bond motifs is 1. The van der Waals surface area contributed by atoms with Gasteiger partial charge in [0.2, 0.25) is 0 Å². The molecule has 2 nitrogen and oxygen atoms in total. The third kappa shape index (κ3) is 1.10. The van der Waals surface area contributed by atoms with Crippen LogP contribution in [-0.2, 0) is 0 Å². The Bertz CT molecular complexity index is 93.1. The maximum atomic E-state index is 5.52. The monoisotopic (exact) mass is 128 g/mol. The van der Waals surface area contributed by atoms with Gasteiger partial charge in [-0.1, -0.05) is 0 Å². The zero-order valence-electron chi connectivity index (χ0n) is 5.84. The quantitative estimate of drug-likeness (QED) is 0.556. The van der Waals surface area contributed by atoms with Gasteiger partial charge in [-0.25, -0.2) is 0 Å². The van der Waals surface area contributed by atoms with Crippen molar-refractivity contribution in [1.29, 1.82) is 0 Å². The summed E-state index contributed by atoms with van der Waals surface area (Å²) < 4.78 is 0. The van der Waals surface area contributed by atoms with Crippen LogP contribution in [0.25, 0.3) is 0 Å². The average Bonchev–Trinajstić information content (AvgIpc) is 2.40. The van der Waals surface area contributed by atoms with Crippen LogP contribution in [0.15, 0.2) is 0 Å². The molecule has 2 aliphatic rings. The molecule has 2 fully saturated rings. The van der Waals surface area contributed by atoms with Crippen LogP contribution in [0.2, 0.25) is 0 Å². The molecule has 9 heavy (non-hydrogen) atoms. The normalized spacial score (nSPS) is 45.7. The maximum Gasteiger partial charge on any atom is -0.00487 e. The largest absolute Gasteiger partial charge is 0.344 e. The molecule has 0 amide bonds. The molecule has 54 valence electrons. The highest BCUT2D eigenvalue weighted by Crippen LogP contribution is 2.53. The smallest absolute Gasteiger partial charge is 0.00487 e. The van der Waals surface area contributed by atoms with E-state index in [0.29, 0.717) is 0 Å². The van der Waals surface area contributed by atoms with E-state index in [4.69, 9.17) is 5.73 Å². The predicted octanol–water partition coefficient (Wildman–Crippen LogP) is 1.15. The summed E-state index contributed by atoms with van der Waals surface area (Å²) in [5.74, 6) is 3.13. The molecule has 0 bridgehead atoms. The lowest BCUT2D eigenvalue weighted by Gasteiger charge is -2.04. The van der Waals surface area contributed by atoms with Crippen LogP contribution in [0.3, 0.4) is 0 Å². The molecule has 2 atom stereocenters. The molecular weight excluding hydrogens is 112 g/mol. The first-order valence-electron chi connectivity index (χ1n) is 3.60. The van der Waals surface area contributed by atoms with E-state index < -0.39 is 0 Å². The zero-order valence-corrected chi connectivity index (χ0v) is 5.84. The van der Waals surface area contributed by atoms with Crippen LogP contribution in [0, 0.1) is 17.8 Å². The van der Waals surface area contributed by atoms with E-state index in [2.05, 4.69) is 0 Å². The van der Waals surface area contributed by atoms with E-state index in [1.165, 1.54) is 19.3 Å². The SMILES string of the molecule is N.NCC1CC2CC2C1. The summed E-state index contributed by atoms with van der Waals surface area (Å²) in [4.78, 5) is 0. The fraction of sp³-hybridized carbons (Fsp3) is 1.00. The lowest BCUT2D eigenvalue weighted by molar-refractivity contribution is 0.499. The van der Waals surface area contributed by atoms with Crippen LogP contribution in [0.4, 0.5) is 0 Å². The Morgan fingerprint density at radius 2 is 1.67 bits per heavy atom. The highest BCUT2D eigenvalue weighted by molar-refractivity contribution is 4.95. The minimum Gasteiger partial charge on any atom is -0.344 e. The topological polar surface area (TPSA) is 61.0 Å². The number of nitrogens with two attached hydrogens (primary N) is 1. The fourth-order valence-electron chi connectivity index (χ4n) is 2.03. The van der Waals surface area contributed by atoms with Crippen molar-refractivity contribution in [2.75, 3.05) is 6.54 Å². The van der Waals surface area contributed by atoms with Gasteiger partial charge in [0.1, 0.15) is 0 Å². The minimum atomic E-state index is 0. The lowest BCUT2D eigenvalue weighted by atomic mass is 10.0. The minimum absolute atomic E-state index is 0. The summed E-state index contributed by atoms with van der Waals surface area (Å²) in [5.41, 5.74) is 5.52. The van der Waals surface area contributed by atoms with Gasteiger partial charge in [-0.3, -0.25) is 0 Å². The molecule has 0 aromatic carbocycles. The third-order valence-electron chi connectivity index (χ3n) is 2.67. The Balaban J connectivity index is 0.000000405. The van der Waals surface area contributed by atoms with Gasteiger partial charge in [0, 0.05) is 0 Å². The average molecular weight is 128 g/mol. The highest BCUT2D eigenvalue weighted by atomic mass is 14.6. The van der Waals surface area contributed by atoms with Crippen LogP contribution < -0.4 is 11.9 Å². The lowest BCUT2D eigenvalue weighted by Crippen LogP contribution is -2.11. The van der Waals surface area contributed by atoms with E-state index in [1.807, 2.05) is 0 Å². The molecule has 2 rings (SSSR count). The Kier molecular flexibility index (Phi) is 1.78. The van der Waals surface area contributed by atoms with Gasteiger partial charge in [0.25, 0.3) is 0 Å². The molecule has 5 N–H and O–H groups in total. The van der Waals surface area contributed by atoms with Crippen molar-refractivity contribution in [3.63, 3.8) is 0 Å². The number of hydrogen-bond acceptors (Lipinski definition) is 2. The molecule has 0 saturated heterocycles. The van der Waals surface area contributed by atoms with Gasteiger partial charge in [-0.15, -0.1) is 0 Å². The van der Waals surface area contributed by atoms with Gasteiger partial charge >= 0.3 is 0 Å². The fourth-order valence-corrected chi connectivity index (χ4v) is 2.03.